The first kappa shape index (κ1) is 24.0. The Morgan fingerprint density at radius 1 is 0.500 bits per heavy atom. The summed E-state index contributed by atoms with van der Waals surface area (Å²) in [7, 11) is 2.06. The van der Waals surface area contributed by atoms with Crippen LogP contribution in [0.1, 0.15) is 130 Å². The predicted molar refractivity (Wildman–Crippen MR) is 112 cm³/mol. The number of unbranched alkanes of at least 4 members (excludes halogenated alkanes) is 9. The van der Waals surface area contributed by atoms with Crippen LogP contribution in [-0.4, -0.2) is 13.6 Å². The van der Waals surface area contributed by atoms with Crippen molar-refractivity contribution in [3.8, 4) is 0 Å². The molecule has 0 aliphatic rings. The summed E-state index contributed by atoms with van der Waals surface area (Å²) in [5.74, 6) is 0. The van der Waals surface area contributed by atoms with Crippen LogP contribution >= 0.6 is 0 Å². The third-order valence-corrected chi connectivity index (χ3v) is 5.82. The number of hydrogen-bond acceptors (Lipinski definition) is 1. The smallest absolute Gasteiger partial charge is 0.00519 e. The van der Waals surface area contributed by atoms with Crippen molar-refractivity contribution >= 4 is 0 Å². The lowest BCUT2D eigenvalue weighted by molar-refractivity contribution is 0.175. The first-order chi connectivity index (χ1) is 11.7. The average molecular weight is 340 g/mol. The fraction of sp³-hybridized carbons (Fsp3) is 1.00. The Bertz CT molecular complexity index is 214. The van der Waals surface area contributed by atoms with Gasteiger partial charge in [0.05, 0.1) is 0 Å². The zero-order valence-corrected chi connectivity index (χ0v) is 17.7. The van der Waals surface area contributed by atoms with Crippen molar-refractivity contribution in [1.29, 1.82) is 0 Å². The van der Waals surface area contributed by atoms with Crippen molar-refractivity contribution < 1.29 is 0 Å². The molecule has 1 N–H and O–H groups in total. The van der Waals surface area contributed by atoms with Gasteiger partial charge in [-0.3, -0.25) is 0 Å². The van der Waals surface area contributed by atoms with E-state index in [2.05, 4.69) is 33.1 Å². The van der Waals surface area contributed by atoms with Crippen LogP contribution in [0, 0.1) is 5.41 Å². The molecule has 0 spiro atoms. The quantitative estimate of drug-likeness (QED) is 0.236. The molecule has 0 amide bonds. The molecule has 0 aliphatic carbocycles. The number of hydrogen-bond donors (Lipinski definition) is 1. The minimum Gasteiger partial charge on any atom is -0.320 e. The first-order valence-corrected chi connectivity index (χ1v) is 11.4. The Hall–Kier alpha value is -0.0400. The maximum atomic E-state index is 3.25. The lowest BCUT2D eigenvalue weighted by Crippen LogP contribution is -2.21. The number of nitrogens with one attached hydrogen (secondary N) is 1. The maximum absolute atomic E-state index is 3.25. The molecule has 0 aromatic heterocycles. The summed E-state index contributed by atoms with van der Waals surface area (Å²) in [5.41, 5.74) is 0.689. The van der Waals surface area contributed by atoms with E-state index in [1.807, 2.05) is 0 Å². The Balaban J connectivity index is 4.07. The molecule has 0 radical (unpaired) electrons. The molecule has 0 aromatic carbocycles. The predicted octanol–water partition coefficient (Wildman–Crippen LogP) is 7.88. The Morgan fingerprint density at radius 3 is 1.29 bits per heavy atom. The monoisotopic (exact) mass is 339 g/mol. The second-order valence-corrected chi connectivity index (χ2v) is 8.14. The lowest BCUT2D eigenvalue weighted by atomic mass is 9.71. The number of rotatable bonds is 19. The summed E-state index contributed by atoms with van der Waals surface area (Å²) < 4.78 is 0. The van der Waals surface area contributed by atoms with Crippen molar-refractivity contribution in [2.24, 2.45) is 5.41 Å². The Labute approximate surface area is 154 Å². The highest BCUT2D eigenvalue weighted by Gasteiger charge is 2.27. The Morgan fingerprint density at radius 2 is 0.875 bits per heavy atom. The third kappa shape index (κ3) is 13.3. The standard InChI is InChI=1S/C23H49N/c1-5-8-18-23(19-9-6-2,20-10-7-3)21-16-14-12-11-13-15-17-22-24-4/h24H,5-22H2,1-4H3. The summed E-state index contributed by atoms with van der Waals surface area (Å²) in [6.07, 6.45) is 24.5. The molecule has 24 heavy (non-hydrogen) atoms. The molecule has 0 rings (SSSR count). The van der Waals surface area contributed by atoms with Crippen LogP contribution in [0.3, 0.4) is 0 Å². The van der Waals surface area contributed by atoms with Crippen molar-refractivity contribution in [2.45, 2.75) is 130 Å². The van der Waals surface area contributed by atoms with Gasteiger partial charge in [-0.05, 0) is 51.1 Å². The highest BCUT2D eigenvalue weighted by Crippen LogP contribution is 2.41. The van der Waals surface area contributed by atoms with Crippen LogP contribution in [0.15, 0.2) is 0 Å². The topological polar surface area (TPSA) is 12.0 Å². The van der Waals surface area contributed by atoms with E-state index in [-0.39, 0.29) is 0 Å². The molecule has 1 heteroatoms. The van der Waals surface area contributed by atoms with Crippen LogP contribution in [0.25, 0.3) is 0 Å². The minimum atomic E-state index is 0.689. The van der Waals surface area contributed by atoms with E-state index < -0.39 is 0 Å². The fourth-order valence-electron chi connectivity index (χ4n) is 4.09. The SMILES string of the molecule is CCCCC(CCCC)(CCCC)CCCCCCCCCNC. The summed E-state index contributed by atoms with van der Waals surface area (Å²) in [4.78, 5) is 0. The molecule has 0 unspecified atom stereocenters. The summed E-state index contributed by atoms with van der Waals surface area (Å²) >= 11 is 0. The largest absolute Gasteiger partial charge is 0.320 e. The van der Waals surface area contributed by atoms with E-state index in [9.17, 15) is 0 Å². The highest BCUT2D eigenvalue weighted by atomic mass is 14.8. The fourth-order valence-corrected chi connectivity index (χ4v) is 4.09. The van der Waals surface area contributed by atoms with E-state index in [0.29, 0.717) is 5.41 Å². The summed E-state index contributed by atoms with van der Waals surface area (Å²) in [6, 6.07) is 0. The van der Waals surface area contributed by atoms with Gasteiger partial charge in [0.1, 0.15) is 0 Å². The zero-order chi connectivity index (χ0) is 17.9. The molecule has 0 saturated heterocycles. The molecular formula is C23H49N. The molecule has 0 saturated carbocycles. The van der Waals surface area contributed by atoms with Gasteiger partial charge in [0.15, 0.2) is 0 Å². The van der Waals surface area contributed by atoms with E-state index in [4.69, 9.17) is 0 Å². The van der Waals surface area contributed by atoms with Gasteiger partial charge >= 0.3 is 0 Å². The van der Waals surface area contributed by atoms with E-state index in [0.717, 1.165) is 0 Å². The summed E-state index contributed by atoms with van der Waals surface area (Å²) in [5, 5.41) is 3.25. The van der Waals surface area contributed by atoms with Crippen LogP contribution < -0.4 is 5.32 Å². The maximum Gasteiger partial charge on any atom is -0.00519 e. The van der Waals surface area contributed by atoms with Crippen LogP contribution in [0.2, 0.25) is 0 Å². The van der Waals surface area contributed by atoms with E-state index in [1.54, 1.807) is 0 Å². The van der Waals surface area contributed by atoms with Gasteiger partial charge in [-0.25, -0.2) is 0 Å². The molecule has 0 aliphatic heterocycles. The zero-order valence-electron chi connectivity index (χ0n) is 17.7. The third-order valence-electron chi connectivity index (χ3n) is 5.82. The van der Waals surface area contributed by atoms with Gasteiger partial charge in [0, 0.05) is 0 Å². The van der Waals surface area contributed by atoms with Crippen molar-refractivity contribution in [1.82, 2.24) is 5.32 Å². The van der Waals surface area contributed by atoms with Crippen LogP contribution in [-0.2, 0) is 0 Å². The highest BCUT2D eigenvalue weighted by molar-refractivity contribution is 4.79. The minimum absolute atomic E-state index is 0.689. The lowest BCUT2D eigenvalue weighted by Gasteiger charge is -2.35. The molecule has 0 aromatic rings. The molecule has 0 fully saturated rings. The van der Waals surface area contributed by atoms with Crippen LogP contribution in [0.4, 0.5) is 0 Å². The van der Waals surface area contributed by atoms with Crippen LogP contribution in [0.5, 0.6) is 0 Å². The van der Waals surface area contributed by atoms with Crippen molar-refractivity contribution in [2.75, 3.05) is 13.6 Å². The van der Waals surface area contributed by atoms with Crippen molar-refractivity contribution in [3.63, 3.8) is 0 Å². The second kappa shape index (κ2) is 17.8. The Kier molecular flexibility index (Phi) is 17.7. The van der Waals surface area contributed by atoms with E-state index >= 15 is 0 Å². The van der Waals surface area contributed by atoms with Gasteiger partial charge < -0.3 is 5.32 Å². The second-order valence-electron chi connectivity index (χ2n) is 8.14. The molecule has 0 heterocycles. The van der Waals surface area contributed by atoms with Gasteiger partial charge in [-0.1, -0.05) is 97.8 Å². The first-order valence-electron chi connectivity index (χ1n) is 11.4. The molecular weight excluding hydrogens is 290 g/mol. The molecule has 146 valence electrons. The van der Waals surface area contributed by atoms with Gasteiger partial charge in [-0.15, -0.1) is 0 Å². The van der Waals surface area contributed by atoms with Gasteiger partial charge in [0.25, 0.3) is 0 Å². The normalized spacial score (nSPS) is 12.0. The summed E-state index contributed by atoms with van der Waals surface area (Å²) in [6.45, 7) is 8.27. The molecule has 0 bridgehead atoms. The van der Waals surface area contributed by atoms with Gasteiger partial charge in [0.2, 0.25) is 0 Å². The van der Waals surface area contributed by atoms with Crippen molar-refractivity contribution in [3.05, 3.63) is 0 Å². The molecule has 0 atom stereocenters. The van der Waals surface area contributed by atoms with Gasteiger partial charge in [-0.2, -0.15) is 0 Å². The molecule has 1 nitrogen and oxygen atoms in total. The average Bonchev–Trinajstić information content (AvgIpc) is 2.61. The van der Waals surface area contributed by atoms with E-state index in [1.165, 1.54) is 116 Å².